The van der Waals surface area contributed by atoms with E-state index in [1.54, 1.807) is 0 Å². The molecule has 8 atom stereocenters. The number of aliphatic hydroxyl groups is 3. The van der Waals surface area contributed by atoms with Gasteiger partial charge in [-0.25, -0.2) is 19.3 Å². The van der Waals surface area contributed by atoms with Crippen molar-refractivity contribution in [2.75, 3.05) is 37.8 Å². The molecule has 3 heterocycles. The summed E-state index contributed by atoms with van der Waals surface area (Å²) in [6, 6.07) is 0. The van der Waals surface area contributed by atoms with Crippen molar-refractivity contribution in [2.45, 2.75) is 70.4 Å². The molecule has 2 aromatic heterocycles. The van der Waals surface area contributed by atoms with Crippen molar-refractivity contribution in [3.8, 4) is 0 Å². The van der Waals surface area contributed by atoms with Crippen LogP contribution in [0.5, 0.6) is 0 Å². The van der Waals surface area contributed by atoms with Crippen molar-refractivity contribution in [3.63, 3.8) is 0 Å². The fraction of sp³-hybridized carbons (Fsp3) is 0.680. The number of fused-ring (bicyclic) bond motifs is 1. The minimum Gasteiger partial charge on any atom is -0.790 e. The molecule has 0 radical (unpaired) electrons. The number of amides is 2. The molecule has 1 aliphatic heterocycles. The predicted molar refractivity (Wildman–Crippen MR) is 175 cm³/mol. The summed E-state index contributed by atoms with van der Waals surface area (Å²) in [6.45, 7) is 1.43. The SMILES string of the molecule is C[C@@H](O)CC(=O)SCCNC(=O)CCNC(=O)[C@H](O)C(C)(C)COP(=O)([O-])OP(=O)([O-])OC[C@H]1O[C@@H](n2cnc3c(N)ncnc32)[C@H](O)[C@@H]1OP(=O)([O-])[O-]. The van der Waals surface area contributed by atoms with E-state index >= 15 is 0 Å². The van der Waals surface area contributed by atoms with E-state index < -0.39 is 90.7 Å². The van der Waals surface area contributed by atoms with Gasteiger partial charge in [-0.3, -0.25) is 28.1 Å². The molecule has 0 bridgehead atoms. The highest BCUT2D eigenvalue weighted by Gasteiger charge is 2.47. The second-order valence-corrected chi connectivity index (χ2v) is 17.5. The van der Waals surface area contributed by atoms with E-state index in [0.29, 0.717) is 0 Å². The van der Waals surface area contributed by atoms with Crippen LogP contribution in [0.2, 0.25) is 0 Å². The van der Waals surface area contributed by atoms with Gasteiger partial charge < -0.3 is 74.1 Å². The summed E-state index contributed by atoms with van der Waals surface area (Å²) in [5.74, 6) is -1.36. The van der Waals surface area contributed by atoms with Gasteiger partial charge in [-0.1, -0.05) is 25.6 Å². The lowest BCUT2D eigenvalue weighted by atomic mass is 9.87. The van der Waals surface area contributed by atoms with E-state index in [4.69, 9.17) is 10.5 Å². The number of anilines is 1. The molecule has 2 aromatic rings. The standard InChI is InChI=1S/C25H42N7O18P3S/c1-13(33)8-16(35)54-7-6-27-15(34)4-5-28-23(38)20(37)25(2,3)10-47-53(44,45)50-52(42,43)46-9-14-19(49-51(39,40)41)18(36)24(48-14)32-12-31-17-21(26)29-11-30-22(17)32/h11-14,18-20,24,33,36-37H,4-10H2,1-3H3,(H,27,34)(H,28,38)(H,42,43)(H,44,45)(H2,26,29,30)(H2,39,40,41)/p-4/t13-,14-,18-,19-,20+,24-/m1/s1. The molecular formula is C25H38N7O18P3S-4. The number of carbonyl (C=O) groups excluding carboxylic acids is 3. The summed E-state index contributed by atoms with van der Waals surface area (Å²) < 4.78 is 60.3. The molecule has 0 aliphatic carbocycles. The molecule has 1 aliphatic rings. The molecule has 3 rings (SSSR count). The number of nitrogens with two attached hydrogens (primary N) is 1. The fourth-order valence-electron chi connectivity index (χ4n) is 4.57. The Morgan fingerprint density at radius 2 is 1.74 bits per heavy atom. The van der Waals surface area contributed by atoms with Crippen molar-refractivity contribution in [1.82, 2.24) is 30.2 Å². The van der Waals surface area contributed by atoms with E-state index in [9.17, 15) is 63.0 Å². The average molecular weight is 850 g/mol. The quantitative estimate of drug-likeness (QED) is 0.0513. The summed E-state index contributed by atoms with van der Waals surface area (Å²) in [5.41, 5.74) is 4.04. The van der Waals surface area contributed by atoms with Gasteiger partial charge in [0.25, 0.3) is 15.6 Å². The number of nitrogens with one attached hydrogen (secondary N) is 2. The van der Waals surface area contributed by atoms with Crippen LogP contribution in [0.1, 0.15) is 39.8 Å². The average Bonchev–Trinajstić information content (AvgIpc) is 3.60. The van der Waals surface area contributed by atoms with Gasteiger partial charge >= 0.3 is 0 Å². The Kier molecular flexibility index (Phi) is 16.2. The lowest BCUT2D eigenvalue weighted by Gasteiger charge is -2.36. The summed E-state index contributed by atoms with van der Waals surface area (Å²) in [6.07, 6.45) is -8.48. The lowest BCUT2D eigenvalue weighted by Crippen LogP contribution is -2.46. The first kappa shape index (κ1) is 45.9. The minimum absolute atomic E-state index is 0.0260. The zero-order valence-electron chi connectivity index (χ0n) is 28.7. The molecule has 29 heteroatoms. The molecule has 1 fully saturated rings. The second-order valence-electron chi connectivity index (χ2n) is 12.3. The Morgan fingerprint density at radius 1 is 1.07 bits per heavy atom. The van der Waals surface area contributed by atoms with Gasteiger partial charge in [-0.2, -0.15) is 0 Å². The molecule has 0 spiro atoms. The van der Waals surface area contributed by atoms with Crippen LogP contribution >= 0.6 is 35.2 Å². The first-order chi connectivity index (χ1) is 24.9. The maximum Gasteiger partial charge on any atom is 0.274 e. The Bertz CT molecular complexity index is 1780. The van der Waals surface area contributed by atoms with Crippen LogP contribution in [0.3, 0.4) is 0 Å². The maximum atomic E-state index is 12.5. The molecule has 306 valence electrons. The maximum absolute atomic E-state index is 12.5. The van der Waals surface area contributed by atoms with Crippen molar-refractivity contribution >= 4 is 69.1 Å². The molecule has 2 unspecified atom stereocenters. The van der Waals surface area contributed by atoms with Crippen LogP contribution in [0.25, 0.3) is 11.2 Å². The monoisotopic (exact) mass is 849 g/mol. The number of carbonyl (C=O) groups is 3. The summed E-state index contributed by atoms with van der Waals surface area (Å²) >= 11 is 0.927. The highest BCUT2D eigenvalue weighted by molar-refractivity contribution is 8.13. The predicted octanol–water partition coefficient (Wildman–Crippen LogP) is -4.09. The third kappa shape index (κ3) is 13.9. The molecule has 2 amide bonds. The number of ether oxygens (including phenoxy) is 1. The number of phosphoric ester groups is 3. The van der Waals surface area contributed by atoms with Gasteiger partial charge in [0, 0.05) is 37.1 Å². The number of thioether (sulfide) groups is 1. The van der Waals surface area contributed by atoms with Crippen LogP contribution in [0, 0.1) is 5.41 Å². The number of aromatic nitrogens is 4. The van der Waals surface area contributed by atoms with E-state index in [-0.39, 0.29) is 53.8 Å². The van der Waals surface area contributed by atoms with Crippen LogP contribution in [0.4, 0.5) is 5.82 Å². The van der Waals surface area contributed by atoms with Crippen LogP contribution in [0.15, 0.2) is 12.7 Å². The molecule has 7 N–H and O–H groups in total. The van der Waals surface area contributed by atoms with E-state index in [0.717, 1.165) is 29.0 Å². The highest BCUT2D eigenvalue weighted by atomic mass is 32.2. The zero-order chi connectivity index (χ0) is 40.6. The Hall–Kier alpha value is -2.48. The first-order valence-electron chi connectivity index (χ1n) is 15.6. The number of hydrogen-bond acceptors (Lipinski definition) is 23. The van der Waals surface area contributed by atoms with Crippen molar-refractivity contribution < 1.29 is 85.6 Å². The van der Waals surface area contributed by atoms with E-state index in [1.807, 2.05) is 0 Å². The number of aliphatic hydroxyl groups excluding tert-OH is 3. The fourth-order valence-corrected chi connectivity index (χ4v) is 8.10. The number of nitrogens with zero attached hydrogens (tertiary/aromatic N) is 4. The second kappa shape index (κ2) is 19.1. The number of hydrogen-bond donors (Lipinski definition) is 6. The summed E-state index contributed by atoms with van der Waals surface area (Å²) in [5, 5.41) is 35.0. The van der Waals surface area contributed by atoms with Gasteiger partial charge in [-0.15, -0.1) is 0 Å². The van der Waals surface area contributed by atoms with Crippen molar-refractivity contribution in [2.24, 2.45) is 5.41 Å². The highest BCUT2D eigenvalue weighted by Crippen LogP contribution is 2.56. The van der Waals surface area contributed by atoms with Gasteiger partial charge in [0.05, 0.1) is 33.5 Å². The number of rotatable bonds is 21. The minimum atomic E-state index is -5.92. The molecule has 25 nitrogen and oxygen atoms in total. The molecule has 0 saturated carbocycles. The Balaban J connectivity index is 1.51. The van der Waals surface area contributed by atoms with Crippen LogP contribution < -0.4 is 35.9 Å². The zero-order valence-corrected chi connectivity index (χ0v) is 32.1. The first-order valence-corrected chi connectivity index (χ1v) is 20.9. The molecule has 54 heavy (non-hydrogen) atoms. The number of nitrogen functional groups attached to an aromatic ring is 1. The largest absolute Gasteiger partial charge is 0.790 e. The number of phosphoric acid groups is 3. The summed E-state index contributed by atoms with van der Waals surface area (Å²) in [4.78, 5) is 95.3. The van der Waals surface area contributed by atoms with Gasteiger partial charge in [0.1, 0.15) is 36.3 Å². The third-order valence-corrected chi connectivity index (χ3v) is 11.1. The van der Waals surface area contributed by atoms with Crippen LogP contribution in [-0.2, 0) is 50.7 Å². The lowest BCUT2D eigenvalue weighted by molar-refractivity contribution is -0.347. The summed E-state index contributed by atoms with van der Waals surface area (Å²) in [7, 11) is -17.6. The topological polar surface area (TPSA) is 395 Å². The Labute approximate surface area is 310 Å². The normalized spacial score (nSPS) is 22.6. The van der Waals surface area contributed by atoms with Crippen LogP contribution in [-0.4, -0.2) is 114 Å². The van der Waals surface area contributed by atoms with Gasteiger partial charge in [-0.05, 0) is 6.92 Å². The molecule has 0 aromatic carbocycles. The Morgan fingerprint density at radius 3 is 2.39 bits per heavy atom. The van der Waals surface area contributed by atoms with E-state index in [1.165, 1.54) is 20.8 Å². The molecule has 1 saturated heterocycles. The van der Waals surface area contributed by atoms with Gasteiger partial charge in [0.2, 0.25) is 11.8 Å². The van der Waals surface area contributed by atoms with Crippen molar-refractivity contribution in [3.05, 3.63) is 12.7 Å². The number of imidazole rings is 1. The van der Waals surface area contributed by atoms with Gasteiger partial charge in [0.15, 0.2) is 22.8 Å². The van der Waals surface area contributed by atoms with E-state index in [2.05, 4.69) is 43.5 Å². The molecular weight excluding hydrogens is 811 g/mol. The van der Waals surface area contributed by atoms with Crippen molar-refractivity contribution in [1.29, 1.82) is 0 Å². The third-order valence-electron chi connectivity index (χ3n) is 7.20. The smallest absolute Gasteiger partial charge is 0.274 e.